The van der Waals surface area contributed by atoms with Gasteiger partial charge in [-0.2, -0.15) is 0 Å². The minimum absolute atomic E-state index is 0.952. The maximum absolute atomic E-state index is 5.63. The van der Waals surface area contributed by atoms with Crippen LogP contribution in [-0.4, -0.2) is 9.97 Å². The topological polar surface area (TPSA) is 25.8 Å². The van der Waals surface area contributed by atoms with Crippen molar-refractivity contribution in [2.24, 2.45) is 0 Å². The van der Waals surface area contributed by atoms with Crippen LogP contribution in [-0.2, 0) is 0 Å². The van der Waals surface area contributed by atoms with Gasteiger partial charge in [-0.25, -0.2) is 9.97 Å². The Morgan fingerprint density at radius 3 is 1.72 bits per heavy atom. The van der Waals surface area contributed by atoms with Crippen LogP contribution in [0.25, 0.3) is 93.5 Å². The Balaban J connectivity index is 1.40. The van der Waals surface area contributed by atoms with Gasteiger partial charge in [0.2, 0.25) is 0 Å². The van der Waals surface area contributed by atoms with Crippen LogP contribution in [0.4, 0.5) is 0 Å². The average Bonchev–Trinajstić information content (AvgIpc) is 3.12. The number of allylic oxidation sites excluding steroid dienone is 1. The van der Waals surface area contributed by atoms with Crippen LogP contribution >= 0.6 is 0 Å². The number of terminal acetylenes is 1. The molecule has 0 bridgehead atoms. The third-order valence-electron chi connectivity index (χ3n) is 9.46. The molecule has 9 aromatic rings. The molecular weight excluding hydrogens is 569 g/mol. The summed E-state index contributed by atoms with van der Waals surface area (Å²) in [5.74, 6) is 2.65. The summed E-state index contributed by atoms with van der Waals surface area (Å²) in [5.41, 5.74) is 10.8. The van der Waals surface area contributed by atoms with Gasteiger partial charge in [-0.3, -0.25) is 0 Å². The van der Waals surface area contributed by atoms with Crippen molar-refractivity contribution in [3.8, 4) is 34.6 Å². The van der Waals surface area contributed by atoms with Gasteiger partial charge < -0.3 is 0 Å². The first-order valence-electron chi connectivity index (χ1n) is 15.9. The van der Waals surface area contributed by atoms with E-state index in [-0.39, 0.29) is 0 Å². The third kappa shape index (κ3) is 4.22. The van der Waals surface area contributed by atoms with E-state index in [0.29, 0.717) is 0 Å². The van der Waals surface area contributed by atoms with Gasteiger partial charge in [-0.05, 0) is 58.7 Å². The van der Waals surface area contributed by atoms with Crippen molar-refractivity contribution >= 4 is 71.2 Å². The number of aryl methyl sites for hydroxylation is 1. The molecule has 0 aliphatic carbocycles. The second-order valence-corrected chi connectivity index (χ2v) is 12.1. The summed E-state index contributed by atoms with van der Waals surface area (Å²) in [6, 6.07) is 47.8. The normalized spacial score (nSPS) is 11.8. The molecule has 2 nitrogen and oxygen atoms in total. The quantitative estimate of drug-likeness (QED) is 0.115. The molecular formula is C45H28N2. The maximum Gasteiger partial charge on any atom is 0.0794 e. The van der Waals surface area contributed by atoms with Gasteiger partial charge in [0, 0.05) is 49.0 Å². The molecule has 9 rings (SSSR count). The predicted octanol–water partition coefficient (Wildman–Crippen LogP) is 11.7. The lowest BCUT2D eigenvalue weighted by molar-refractivity contribution is 1.42. The molecule has 0 fully saturated rings. The molecule has 0 aliphatic rings. The van der Waals surface area contributed by atoms with Gasteiger partial charge in [-0.15, -0.1) is 6.42 Å². The molecule has 0 saturated carbocycles. The molecule has 7 aromatic carbocycles. The lowest BCUT2D eigenvalue weighted by Gasteiger charge is -2.17. The summed E-state index contributed by atoms with van der Waals surface area (Å²) in [4.78, 5) is 10.6. The smallest absolute Gasteiger partial charge is 0.0794 e. The zero-order chi connectivity index (χ0) is 31.5. The standard InChI is InChI=1S/C45H28N2/c1-3-4-16-33-28(2)21-24-37-41(36-19-9-10-20-40(36)46-43(33)37)31-14-11-15-32(27-31)42-38-25-22-29-12-5-7-17-34(29)44(38)47-45-35-18-8-6-13-30(35)23-26-39(42)45/h1,4-27H,2H3/b16-4-. The molecule has 0 spiro atoms. The van der Waals surface area contributed by atoms with Gasteiger partial charge in [0.05, 0.1) is 22.1 Å². The van der Waals surface area contributed by atoms with Crippen LogP contribution in [0.15, 0.2) is 140 Å². The number of nitrogens with zero attached hydrogens (tertiary/aromatic N) is 2. The van der Waals surface area contributed by atoms with E-state index in [9.17, 15) is 0 Å². The van der Waals surface area contributed by atoms with Crippen LogP contribution in [0.2, 0.25) is 0 Å². The van der Waals surface area contributed by atoms with E-state index in [2.05, 4.69) is 146 Å². The number of aromatic nitrogens is 2. The average molecular weight is 597 g/mol. The highest BCUT2D eigenvalue weighted by Gasteiger charge is 2.18. The molecule has 218 valence electrons. The Kier molecular flexibility index (Phi) is 6.13. The molecule has 47 heavy (non-hydrogen) atoms. The van der Waals surface area contributed by atoms with Crippen LogP contribution in [0, 0.1) is 19.3 Å². The predicted molar refractivity (Wildman–Crippen MR) is 201 cm³/mol. The number of pyridine rings is 2. The second-order valence-electron chi connectivity index (χ2n) is 12.1. The maximum atomic E-state index is 5.63. The fraction of sp³-hybridized carbons (Fsp3) is 0.0222. The van der Waals surface area contributed by atoms with E-state index >= 15 is 0 Å². The second kappa shape index (κ2) is 10.7. The Bertz CT molecular complexity index is 2720. The molecule has 2 heterocycles. The molecule has 0 amide bonds. The van der Waals surface area contributed by atoms with Crippen molar-refractivity contribution in [1.82, 2.24) is 9.97 Å². The van der Waals surface area contributed by atoms with Crippen molar-refractivity contribution in [1.29, 1.82) is 0 Å². The van der Waals surface area contributed by atoms with Gasteiger partial charge in [-0.1, -0.05) is 127 Å². The molecule has 0 N–H and O–H groups in total. The molecule has 0 atom stereocenters. The molecule has 0 aliphatic heterocycles. The molecule has 0 saturated heterocycles. The Morgan fingerprint density at radius 1 is 0.511 bits per heavy atom. The van der Waals surface area contributed by atoms with Gasteiger partial charge >= 0.3 is 0 Å². The van der Waals surface area contributed by atoms with Crippen molar-refractivity contribution in [2.75, 3.05) is 0 Å². The number of benzene rings is 7. The highest BCUT2D eigenvalue weighted by molar-refractivity contribution is 6.21. The Labute approximate surface area is 272 Å². The van der Waals surface area contributed by atoms with Crippen LogP contribution in [0.1, 0.15) is 11.1 Å². The monoisotopic (exact) mass is 596 g/mol. The van der Waals surface area contributed by atoms with E-state index in [0.717, 1.165) is 76.6 Å². The first kappa shape index (κ1) is 27.0. The number of fused-ring (bicyclic) bond motifs is 8. The van der Waals surface area contributed by atoms with E-state index < -0.39 is 0 Å². The summed E-state index contributed by atoms with van der Waals surface area (Å²) < 4.78 is 0. The number of rotatable bonds is 3. The highest BCUT2D eigenvalue weighted by Crippen LogP contribution is 2.43. The summed E-state index contributed by atoms with van der Waals surface area (Å²) in [6.45, 7) is 2.11. The summed E-state index contributed by atoms with van der Waals surface area (Å²) in [5, 5.41) is 9.20. The highest BCUT2D eigenvalue weighted by atomic mass is 14.7. The SMILES string of the molecule is C#C/C=C\c1c(C)ccc2c(-c3cccc(-c4c5ccc6ccccc6c5nc5c4ccc4ccccc45)c3)c3ccccc3nc12. The molecule has 0 radical (unpaired) electrons. The number of hydrogen-bond acceptors (Lipinski definition) is 2. The minimum atomic E-state index is 0.952. The molecule has 2 aromatic heterocycles. The largest absolute Gasteiger partial charge is 0.247 e. The number of hydrogen-bond donors (Lipinski definition) is 0. The van der Waals surface area contributed by atoms with Gasteiger partial charge in [0.25, 0.3) is 0 Å². The lowest BCUT2D eigenvalue weighted by Crippen LogP contribution is -1.94. The fourth-order valence-corrected chi connectivity index (χ4v) is 7.28. The summed E-state index contributed by atoms with van der Waals surface area (Å²) >= 11 is 0. The zero-order valence-corrected chi connectivity index (χ0v) is 25.8. The van der Waals surface area contributed by atoms with Crippen molar-refractivity contribution in [3.63, 3.8) is 0 Å². The first-order chi connectivity index (χ1) is 23.2. The van der Waals surface area contributed by atoms with Crippen molar-refractivity contribution in [2.45, 2.75) is 6.92 Å². The van der Waals surface area contributed by atoms with Gasteiger partial charge in [0.1, 0.15) is 0 Å². The zero-order valence-electron chi connectivity index (χ0n) is 25.8. The molecule has 0 unspecified atom stereocenters. The summed E-state index contributed by atoms with van der Waals surface area (Å²) in [7, 11) is 0. The van der Waals surface area contributed by atoms with Crippen LogP contribution in [0.3, 0.4) is 0 Å². The fourth-order valence-electron chi connectivity index (χ4n) is 7.28. The van der Waals surface area contributed by atoms with Crippen LogP contribution < -0.4 is 0 Å². The van der Waals surface area contributed by atoms with Crippen LogP contribution in [0.5, 0.6) is 0 Å². The lowest BCUT2D eigenvalue weighted by atomic mass is 9.89. The minimum Gasteiger partial charge on any atom is -0.247 e. The molecule has 2 heteroatoms. The summed E-state index contributed by atoms with van der Waals surface area (Å²) in [6.07, 6.45) is 9.39. The third-order valence-corrected chi connectivity index (χ3v) is 9.46. The number of para-hydroxylation sites is 1. The van der Waals surface area contributed by atoms with E-state index in [1.54, 1.807) is 6.08 Å². The van der Waals surface area contributed by atoms with Crippen molar-refractivity contribution in [3.05, 3.63) is 151 Å². The first-order valence-corrected chi connectivity index (χ1v) is 15.9. The van der Waals surface area contributed by atoms with Gasteiger partial charge in [0.15, 0.2) is 0 Å². The van der Waals surface area contributed by atoms with E-state index in [1.807, 2.05) is 6.08 Å². The Hall–Kier alpha value is -6.30. The van der Waals surface area contributed by atoms with E-state index in [1.165, 1.54) is 21.9 Å². The van der Waals surface area contributed by atoms with E-state index in [4.69, 9.17) is 16.4 Å². The Morgan fingerprint density at radius 2 is 1.06 bits per heavy atom. The van der Waals surface area contributed by atoms with Crippen molar-refractivity contribution < 1.29 is 0 Å².